The Morgan fingerprint density at radius 2 is 1.89 bits per heavy atom. The summed E-state index contributed by atoms with van der Waals surface area (Å²) < 4.78 is 10.6. The Bertz CT molecular complexity index is 391. The lowest BCUT2D eigenvalue weighted by Gasteiger charge is -2.38. The summed E-state index contributed by atoms with van der Waals surface area (Å²) >= 11 is 0. The van der Waals surface area contributed by atoms with E-state index in [9.17, 15) is 0 Å². The van der Waals surface area contributed by atoms with Gasteiger partial charge in [-0.25, -0.2) is 0 Å². The van der Waals surface area contributed by atoms with Crippen molar-refractivity contribution in [3.8, 4) is 11.5 Å². The minimum Gasteiger partial charge on any atom is -0.497 e. The normalized spacial score (nSPS) is 11.2. The van der Waals surface area contributed by atoms with E-state index in [0.717, 1.165) is 23.6 Å². The monoisotopic (exact) mass is 252 g/mol. The summed E-state index contributed by atoms with van der Waals surface area (Å²) in [6, 6.07) is 5.84. The van der Waals surface area contributed by atoms with Gasteiger partial charge in [0.05, 0.1) is 19.9 Å². The second-order valence-electron chi connectivity index (χ2n) is 4.95. The summed E-state index contributed by atoms with van der Waals surface area (Å²) in [4.78, 5) is 2.19. The van der Waals surface area contributed by atoms with Crippen LogP contribution in [0.1, 0.15) is 20.3 Å². The Morgan fingerprint density at radius 3 is 2.39 bits per heavy atom. The highest BCUT2D eigenvalue weighted by Crippen LogP contribution is 2.35. The summed E-state index contributed by atoms with van der Waals surface area (Å²) in [7, 11) is 5.37. The van der Waals surface area contributed by atoms with E-state index >= 15 is 0 Å². The number of nitrogens with two attached hydrogens (primary N) is 1. The topological polar surface area (TPSA) is 47.7 Å². The van der Waals surface area contributed by atoms with Gasteiger partial charge < -0.3 is 20.1 Å². The van der Waals surface area contributed by atoms with E-state index in [2.05, 4.69) is 25.8 Å². The lowest BCUT2D eigenvalue weighted by Crippen LogP contribution is -2.42. The zero-order valence-corrected chi connectivity index (χ0v) is 12.0. The molecule has 0 aliphatic rings. The molecule has 0 spiro atoms. The molecule has 0 radical (unpaired) electrons. The van der Waals surface area contributed by atoms with Crippen LogP contribution in [0.4, 0.5) is 5.69 Å². The van der Waals surface area contributed by atoms with Crippen LogP contribution in [-0.2, 0) is 0 Å². The molecule has 4 nitrogen and oxygen atoms in total. The van der Waals surface area contributed by atoms with Gasteiger partial charge in [-0.05, 0) is 38.9 Å². The Balaban J connectivity index is 3.08. The predicted molar refractivity (Wildman–Crippen MR) is 75.7 cm³/mol. The van der Waals surface area contributed by atoms with E-state index < -0.39 is 0 Å². The number of hydrogen-bond donors (Lipinski definition) is 1. The largest absolute Gasteiger partial charge is 0.497 e. The van der Waals surface area contributed by atoms with Crippen molar-refractivity contribution in [3.05, 3.63) is 18.2 Å². The summed E-state index contributed by atoms with van der Waals surface area (Å²) in [5, 5.41) is 0. The molecule has 0 atom stereocenters. The lowest BCUT2D eigenvalue weighted by atomic mass is 9.98. The predicted octanol–water partition coefficient (Wildman–Crippen LogP) is 2.27. The van der Waals surface area contributed by atoms with Crippen molar-refractivity contribution in [1.29, 1.82) is 0 Å². The van der Waals surface area contributed by atoms with Crippen LogP contribution in [0, 0.1) is 0 Å². The van der Waals surface area contributed by atoms with E-state index in [1.807, 2.05) is 18.2 Å². The molecule has 0 heterocycles. The molecule has 102 valence electrons. The standard InChI is InChI=1S/C14H24N2O2/c1-14(2,8-9-15)16(3)12-7-6-11(17-4)10-13(12)18-5/h6-7,10H,8-9,15H2,1-5H3. The van der Waals surface area contributed by atoms with Gasteiger partial charge in [-0.2, -0.15) is 0 Å². The van der Waals surface area contributed by atoms with Crippen molar-refractivity contribution in [3.63, 3.8) is 0 Å². The second kappa shape index (κ2) is 5.96. The summed E-state index contributed by atoms with van der Waals surface area (Å²) in [6.07, 6.45) is 0.915. The molecule has 0 amide bonds. The van der Waals surface area contributed by atoms with Gasteiger partial charge in [0.25, 0.3) is 0 Å². The molecule has 4 heteroatoms. The van der Waals surface area contributed by atoms with Crippen molar-refractivity contribution in [2.45, 2.75) is 25.8 Å². The van der Waals surface area contributed by atoms with E-state index in [1.165, 1.54) is 0 Å². The van der Waals surface area contributed by atoms with E-state index in [-0.39, 0.29) is 5.54 Å². The smallest absolute Gasteiger partial charge is 0.145 e. The first-order chi connectivity index (χ1) is 8.46. The average molecular weight is 252 g/mol. The molecule has 0 fully saturated rings. The van der Waals surface area contributed by atoms with Crippen LogP contribution < -0.4 is 20.1 Å². The van der Waals surface area contributed by atoms with Crippen LogP contribution in [0.15, 0.2) is 18.2 Å². The maximum atomic E-state index is 5.67. The third-order valence-electron chi connectivity index (χ3n) is 3.41. The molecule has 0 saturated heterocycles. The number of benzene rings is 1. The molecular formula is C14H24N2O2. The number of anilines is 1. The van der Waals surface area contributed by atoms with Crippen LogP contribution in [-0.4, -0.2) is 33.4 Å². The Morgan fingerprint density at radius 1 is 1.22 bits per heavy atom. The Labute approximate surface area is 110 Å². The average Bonchev–Trinajstić information content (AvgIpc) is 2.37. The fourth-order valence-corrected chi connectivity index (χ4v) is 1.91. The first-order valence-corrected chi connectivity index (χ1v) is 6.12. The van der Waals surface area contributed by atoms with Gasteiger partial charge in [-0.1, -0.05) is 0 Å². The lowest BCUT2D eigenvalue weighted by molar-refractivity contribution is 0.388. The molecule has 0 aromatic heterocycles. The minimum absolute atomic E-state index is 0.0172. The van der Waals surface area contributed by atoms with Gasteiger partial charge in [0.2, 0.25) is 0 Å². The number of hydrogen-bond acceptors (Lipinski definition) is 4. The molecule has 0 aliphatic carbocycles. The summed E-state index contributed by atoms with van der Waals surface area (Å²) in [5.41, 5.74) is 6.69. The van der Waals surface area contributed by atoms with Gasteiger partial charge in [-0.3, -0.25) is 0 Å². The molecular weight excluding hydrogens is 228 g/mol. The van der Waals surface area contributed by atoms with Crippen molar-refractivity contribution in [2.24, 2.45) is 5.73 Å². The quantitative estimate of drug-likeness (QED) is 0.843. The second-order valence-corrected chi connectivity index (χ2v) is 4.95. The molecule has 0 bridgehead atoms. The summed E-state index contributed by atoms with van der Waals surface area (Å²) in [6.45, 7) is 5.00. The first-order valence-electron chi connectivity index (χ1n) is 6.12. The van der Waals surface area contributed by atoms with Crippen LogP contribution in [0.3, 0.4) is 0 Å². The van der Waals surface area contributed by atoms with Crippen LogP contribution in [0.5, 0.6) is 11.5 Å². The maximum Gasteiger partial charge on any atom is 0.145 e. The molecule has 1 aromatic rings. The van der Waals surface area contributed by atoms with Crippen molar-refractivity contribution >= 4 is 5.69 Å². The fraction of sp³-hybridized carbons (Fsp3) is 0.571. The SMILES string of the molecule is COc1ccc(N(C)C(C)(C)CCN)c(OC)c1. The van der Waals surface area contributed by atoms with Crippen molar-refractivity contribution < 1.29 is 9.47 Å². The van der Waals surface area contributed by atoms with Gasteiger partial charge in [0.1, 0.15) is 11.5 Å². The molecule has 1 rings (SSSR count). The van der Waals surface area contributed by atoms with Crippen molar-refractivity contribution in [1.82, 2.24) is 0 Å². The number of rotatable bonds is 6. The van der Waals surface area contributed by atoms with Crippen LogP contribution in [0.25, 0.3) is 0 Å². The van der Waals surface area contributed by atoms with E-state index in [1.54, 1.807) is 14.2 Å². The molecule has 18 heavy (non-hydrogen) atoms. The zero-order valence-electron chi connectivity index (χ0n) is 12.0. The van der Waals surface area contributed by atoms with Gasteiger partial charge in [0.15, 0.2) is 0 Å². The van der Waals surface area contributed by atoms with Gasteiger partial charge >= 0.3 is 0 Å². The zero-order chi connectivity index (χ0) is 13.8. The van der Waals surface area contributed by atoms with Crippen LogP contribution >= 0.6 is 0 Å². The minimum atomic E-state index is -0.0172. The van der Waals surface area contributed by atoms with E-state index in [0.29, 0.717) is 6.54 Å². The highest BCUT2D eigenvalue weighted by atomic mass is 16.5. The molecule has 1 aromatic carbocycles. The highest BCUT2D eigenvalue weighted by molar-refractivity contribution is 5.62. The van der Waals surface area contributed by atoms with Gasteiger partial charge in [-0.15, -0.1) is 0 Å². The first kappa shape index (κ1) is 14.6. The van der Waals surface area contributed by atoms with Gasteiger partial charge in [0, 0.05) is 18.7 Å². The Kier molecular flexibility index (Phi) is 4.84. The number of nitrogens with zero attached hydrogens (tertiary/aromatic N) is 1. The molecule has 0 unspecified atom stereocenters. The highest BCUT2D eigenvalue weighted by Gasteiger charge is 2.25. The summed E-state index contributed by atoms with van der Waals surface area (Å²) in [5.74, 6) is 1.60. The number of ether oxygens (including phenoxy) is 2. The maximum absolute atomic E-state index is 5.67. The molecule has 0 aliphatic heterocycles. The van der Waals surface area contributed by atoms with Crippen molar-refractivity contribution in [2.75, 3.05) is 32.7 Å². The fourth-order valence-electron chi connectivity index (χ4n) is 1.91. The third kappa shape index (κ3) is 3.07. The van der Waals surface area contributed by atoms with Crippen LogP contribution in [0.2, 0.25) is 0 Å². The number of methoxy groups -OCH3 is 2. The molecule has 2 N–H and O–H groups in total. The third-order valence-corrected chi connectivity index (χ3v) is 3.41. The van der Waals surface area contributed by atoms with E-state index in [4.69, 9.17) is 15.2 Å². The Hall–Kier alpha value is -1.42. The molecule has 0 saturated carbocycles.